The third-order valence-electron chi connectivity index (χ3n) is 7.50. The van der Waals surface area contributed by atoms with Crippen LogP contribution in [0.2, 0.25) is 0 Å². The van der Waals surface area contributed by atoms with Crippen LogP contribution in [0.15, 0.2) is 12.3 Å². The molecule has 2 rings (SSSR count). The fourth-order valence-corrected chi connectivity index (χ4v) is 6.72. The van der Waals surface area contributed by atoms with E-state index in [4.69, 9.17) is 9.05 Å². The molecule has 2 unspecified atom stereocenters. The number of likely N-dealkylation sites (tertiary alicyclic amines) is 2. The van der Waals surface area contributed by atoms with E-state index < -0.39 is 15.6 Å². The lowest BCUT2D eigenvalue weighted by atomic mass is 10.1. The zero-order chi connectivity index (χ0) is 33.5. The van der Waals surface area contributed by atoms with Crippen molar-refractivity contribution < 1.29 is 51.4 Å². The Labute approximate surface area is 262 Å². The number of hydrogen-bond acceptors (Lipinski definition) is 12. The second-order valence-corrected chi connectivity index (χ2v) is 14.2. The Balaban J connectivity index is 0.000000440. The molecule has 0 spiro atoms. The first-order valence-corrected chi connectivity index (χ1v) is 18.5. The molecule has 1 amide bonds. The summed E-state index contributed by atoms with van der Waals surface area (Å²) in [5.41, 5.74) is 0.872. The first kappa shape index (κ1) is 40.6. The van der Waals surface area contributed by atoms with Gasteiger partial charge in [-0.2, -0.15) is 0 Å². The summed E-state index contributed by atoms with van der Waals surface area (Å²) in [6.45, 7) is 16.3. The fraction of sp³-hybridized carbons (Fsp3) is 0.828. The SMILES string of the molecule is C=C(CCC(=O)CC)N1C[C@H](C)C[C@H]1C[18O]P(=O)([O-])OCC.CCOP(=O)([O-])[18O]C[C@@H]1C[C@@H](C)CN1C(=O)CCC(=[18O])CC. The smallest absolute Gasteiger partial charge is 0.267 e. The van der Waals surface area contributed by atoms with Crippen LogP contribution in [-0.2, 0) is 41.6 Å². The molecule has 0 aromatic carbocycles. The van der Waals surface area contributed by atoms with Gasteiger partial charge in [-0.1, -0.05) is 34.3 Å². The minimum Gasteiger partial charge on any atom is -0.756 e. The molecular formula is C29H52N2O11P2-2. The lowest BCUT2D eigenvalue weighted by Crippen LogP contribution is -2.38. The predicted molar refractivity (Wildman–Crippen MR) is 162 cm³/mol. The van der Waals surface area contributed by atoms with Gasteiger partial charge in [0, 0.05) is 50.9 Å². The molecule has 2 aliphatic heterocycles. The molecule has 0 radical (unpaired) electrons. The van der Waals surface area contributed by atoms with Gasteiger partial charge in [0.15, 0.2) is 0 Å². The molecule has 2 saturated heterocycles. The number of Topliss-reactive ketones (excluding diaryl/α,β-unsaturated/α-hetero) is 2. The van der Waals surface area contributed by atoms with Crippen LogP contribution in [-0.4, -0.2) is 78.9 Å². The second kappa shape index (κ2) is 19.9. The molecule has 256 valence electrons. The highest BCUT2D eigenvalue weighted by Gasteiger charge is 2.34. The van der Waals surface area contributed by atoms with Gasteiger partial charge in [-0.25, -0.2) is 0 Å². The Morgan fingerprint density at radius 1 is 0.818 bits per heavy atom. The topological polar surface area (TPSA) is 175 Å². The van der Waals surface area contributed by atoms with Gasteiger partial charge in [0.2, 0.25) is 5.91 Å². The zero-order valence-electron chi connectivity index (χ0n) is 27.2. The number of amides is 1. The third kappa shape index (κ3) is 15.2. The Hall–Kier alpha value is -1.43. The number of phosphoric acid groups is 2. The van der Waals surface area contributed by atoms with Crippen molar-refractivity contribution in [3.63, 3.8) is 0 Å². The van der Waals surface area contributed by atoms with Crippen molar-refractivity contribution in [3.8, 4) is 0 Å². The monoisotopic (exact) mass is 672 g/mol. The minimum absolute atomic E-state index is 0.0175. The lowest BCUT2D eigenvalue weighted by molar-refractivity contribution is -0.227. The first-order valence-electron chi connectivity index (χ1n) is 15.5. The maximum absolute atomic E-state index is 12.2. The van der Waals surface area contributed by atoms with E-state index in [1.165, 1.54) is 0 Å². The number of ketones is 2. The van der Waals surface area contributed by atoms with Gasteiger partial charge in [-0.05, 0) is 44.9 Å². The molecule has 2 heterocycles. The van der Waals surface area contributed by atoms with E-state index >= 15 is 0 Å². The van der Waals surface area contributed by atoms with Gasteiger partial charge in [0.25, 0.3) is 15.6 Å². The maximum Gasteiger partial charge on any atom is 0.267 e. The minimum atomic E-state index is -4.30. The lowest BCUT2D eigenvalue weighted by Gasteiger charge is -2.31. The summed E-state index contributed by atoms with van der Waals surface area (Å²) in [5, 5.41) is 0. The van der Waals surface area contributed by atoms with E-state index in [0.29, 0.717) is 44.6 Å². The molecule has 13 nitrogen and oxygen atoms in total. The van der Waals surface area contributed by atoms with Crippen molar-refractivity contribution in [2.24, 2.45) is 11.8 Å². The summed E-state index contributed by atoms with van der Waals surface area (Å²) in [7, 11) is -8.52. The molecule has 44 heavy (non-hydrogen) atoms. The molecule has 0 aromatic heterocycles. The summed E-state index contributed by atoms with van der Waals surface area (Å²) in [6.07, 6.45) is 3.95. The fourth-order valence-electron chi connectivity index (χ4n) is 5.23. The van der Waals surface area contributed by atoms with Crippen molar-refractivity contribution in [2.45, 2.75) is 105 Å². The van der Waals surface area contributed by atoms with Crippen LogP contribution >= 0.6 is 15.6 Å². The number of allylic oxidation sites excluding steroid dienone is 1. The molecule has 0 aromatic rings. The predicted octanol–water partition coefficient (Wildman–Crippen LogP) is 4.00. The Bertz CT molecular complexity index is 961. The zero-order valence-corrected chi connectivity index (χ0v) is 29.0. The molecule has 2 fully saturated rings. The van der Waals surface area contributed by atoms with Crippen LogP contribution in [0.3, 0.4) is 0 Å². The van der Waals surface area contributed by atoms with E-state index in [9.17, 15) is 33.3 Å². The number of phosphoric ester groups is 2. The van der Waals surface area contributed by atoms with E-state index in [1.54, 1.807) is 25.7 Å². The summed E-state index contributed by atoms with van der Waals surface area (Å²) < 4.78 is 41.9. The van der Waals surface area contributed by atoms with E-state index in [0.717, 1.165) is 18.7 Å². The van der Waals surface area contributed by atoms with Crippen LogP contribution in [0, 0.1) is 11.8 Å². The quantitative estimate of drug-likeness (QED) is 0.143. The van der Waals surface area contributed by atoms with E-state index in [1.807, 2.05) is 13.8 Å². The molecular weight excluding hydrogens is 620 g/mol. The first-order chi connectivity index (χ1) is 20.6. The van der Waals surface area contributed by atoms with Gasteiger partial charge in [-0.15, -0.1) is 0 Å². The number of carbonyl (C=O) groups excluding carboxylic acids is 3. The Morgan fingerprint density at radius 2 is 1.30 bits per heavy atom. The number of nitrogens with zero attached hydrogens (tertiary/aromatic N) is 2. The van der Waals surface area contributed by atoms with Crippen molar-refractivity contribution in [3.05, 3.63) is 12.3 Å². The summed E-state index contributed by atoms with van der Waals surface area (Å²) in [4.78, 5) is 61.6. The standard InChI is InChI=1S/C15H28NO5P.C14H26NO6P/c1-5-15(17)8-7-13(4)16-10-12(3)9-14(16)11-21-22(18,19)20-6-2;1-4-13(16)6-7-14(17)15-9-11(3)8-12(15)10-21-22(18,19)20-5-2/h12,14H,4-11H2,1-3H3,(H,18,19);11-12H,4-10H2,1-3H3,(H,18,19)/p-2/t12-,14+;11-,12+/m11/s1/i21+2;16+2,21+2. The average Bonchev–Trinajstić information content (AvgIpc) is 3.54. The van der Waals surface area contributed by atoms with Crippen molar-refractivity contribution >= 4 is 33.1 Å². The number of hydrogen-bond donors (Lipinski definition) is 0. The van der Waals surface area contributed by atoms with Crippen molar-refractivity contribution in [1.29, 1.82) is 0 Å². The van der Waals surface area contributed by atoms with Gasteiger partial charge >= 0.3 is 0 Å². The molecule has 15 heteroatoms. The highest BCUT2D eigenvalue weighted by molar-refractivity contribution is 7.46. The highest BCUT2D eigenvalue weighted by atomic mass is 31.2. The Morgan fingerprint density at radius 3 is 1.75 bits per heavy atom. The largest absolute Gasteiger partial charge is 0.756 e. The van der Waals surface area contributed by atoms with Gasteiger partial charge < -0.3 is 37.7 Å². The van der Waals surface area contributed by atoms with Crippen LogP contribution < -0.4 is 9.79 Å². The molecule has 0 aliphatic carbocycles. The molecule has 6 atom stereocenters. The molecule has 0 N–H and O–H groups in total. The van der Waals surface area contributed by atoms with Crippen molar-refractivity contribution in [2.75, 3.05) is 39.5 Å². The van der Waals surface area contributed by atoms with E-state index in [2.05, 4.69) is 27.5 Å². The summed E-state index contributed by atoms with van der Waals surface area (Å²) >= 11 is 0. The Kier molecular flexibility index (Phi) is 18.4. The molecule has 0 saturated carbocycles. The average molecular weight is 673 g/mol. The van der Waals surface area contributed by atoms with Crippen LogP contribution in [0.25, 0.3) is 0 Å². The van der Waals surface area contributed by atoms with E-state index in [-0.39, 0.29) is 74.7 Å². The van der Waals surface area contributed by atoms with Crippen LogP contribution in [0.4, 0.5) is 0 Å². The number of carbonyl (C=O) groups is 3. The third-order valence-corrected chi connectivity index (χ3v) is 9.58. The van der Waals surface area contributed by atoms with Crippen LogP contribution in [0.5, 0.6) is 0 Å². The summed E-state index contributed by atoms with van der Waals surface area (Å²) in [6, 6.07) is -0.330. The maximum atomic E-state index is 12.2. The molecule has 2 aliphatic rings. The highest BCUT2D eigenvalue weighted by Crippen LogP contribution is 2.40. The second-order valence-electron chi connectivity index (χ2n) is 11.4. The summed E-state index contributed by atoms with van der Waals surface area (Å²) in [5.74, 6) is 0.843. The van der Waals surface area contributed by atoms with Gasteiger partial charge in [0.05, 0.1) is 38.5 Å². The van der Waals surface area contributed by atoms with Crippen LogP contribution in [0.1, 0.15) is 92.9 Å². The normalized spacial score (nSPS) is 24.3. The van der Waals surface area contributed by atoms with Gasteiger partial charge in [-0.3, -0.25) is 23.5 Å². The molecule has 0 bridgehead atoms. The number of rotatable bonds is 19. The van der Waals surface area contributed by atoms with Gasteiger partial charge in [0.1, 0.15) is 11.6 Å². The van der Waals surface area contributed by atoms with Crippen molar-refractivity contribution in [1.82, 2.24) is 9.80 Å².